The van der Waals surface area contributed by atoms with Gasteiger partial charge >= 0.3 is 5.97 Å². The lowest BCUT2D eigenvalue weighted by Gasteiger charge is -2.20. The van der Waals surface area contributed by atoms with Crippen molar-refractivity contribution in [2.24, 2.45) is 17.8 Å². The minimum Gasteiger partial charge on any atom is -0.456 e. The predicted molar refractivity (Wildman–Crippen MR) is 65.7 cm³/mol. The zero-order valence-corrected chi connectivity index (χ0v) is 10.7. The first-order valence-corrected chi connectivity index (χ1v) is 7.15. The van der Waals surface area contributed by atoms with Crippen molar-refractivity contribution in [3.8, 4) is 0 Å². The van der Waals surface area contributed by atoms with E-state index in [1.54, 1.807) is 0 Å². The molecule has 4 nitrogen and oxygen atoms in total. The summed E-state index contributed by atoms with van der Waals surface area (Å²) in [6, 6.07) is 0.335. The summed E-state index contributed by atoms with van der Waals surface area (Å²) in [6.07, 6.45) is 7.76. The fourth-order valence-corrected chi connectivity index (χ4v) is 3.54. The van der Waals surface area contributed by atoms with E-state index in [4.69, 9.17) is 4.74 Å². The molecule has 0 saturated heterocycles. The van der Waals surface area contributed by atoms with Crippen LogP contribution in [0, 0.1) is 17.8 Å². The Morgan fingerprint density at radius 2 is 1.94 bits per heavy atom. The van der Waals surface area contributed by atoms with Crippen molar-refractivity contribution in [1.29, 1.82) is 0 Å². The normalized spacial score (nSPS) is 33.4. The maximum atomic E-state index is 11.7. The first kappa shape index (κ1) is 12.0. The summed E-state index contributed by atoms with van der Waals surface area (Å²) in [5, 5.41) is 2.81. The lowest BCUT2D eigenvalue weighted by molar-refractivity contribution is -0.149. The quantitative estimate of drug-likeness (QED) is 0.756. The summed E-state index contributed by atoms with van der Waals surface area (Å²) in [7, 11) is 0. The largest absolute Gasteiger partial charge is 0.456 e. The van der Waals surface area contributed by atoms with Crippen molar-refractivity contribution in [3.63, 3.8) is 0 Å². The van der Waals surface area contributed by atoms with E-state index >= 15 is 0 Å². The highest BCUT2D eigenvalue weighted by Gasteiger charge is 2.40. The highest BCUT2D eigenvalue weighted by molar-refractivity contribution is 5.81. The summed E-state index contributed by atoms with van der Waals surface area (Å²) < 4.78 is 5.05. The van der Waals surface area contributed by atoms with Gasteiger partial charge in [-0.2, -0.15) is 0 Å². The van der Waals surface area contributed by atoms with Gasteiger partial charge in [-0.05, 0) is 49.9 Å². The fraction of sp³-hybridized carbons (Fsp3) is 0.857. The molecule has 3 atom stereocenters. The maximum Gasteiger partial charge on any atom is 0.306 e. The van der Waals surface area contributed by atoms with Gasteiger partial charge in [0.1, 0.15) is 0 Å². The minimum absolute atomic E-state index is 0.101. The standard InChI is InChI=1S/C14H21NO3/c16-13(15-12-3-4-12)8-18-14(17)7-11-6-9-1-2-10(11)5-9/h9-12H,1-8H2,(H,15,16). The third kappa shape index (κ3) is 2.85. The summed E-state index contributed by atoms with van der Waals surface area (Å²) in [4.78, 5) is 23.1. The molecule has 3 aliphatic carbocycles. The van der Waals surface area contributed by atoms with Gasteiger partial charge in [-0.1, -0.05) is 6.42 Å². The SMILES string of the molecule is O=C(COC(=O)CC1CC2CCC1C2)NC1CC1. The van der Waals surface area contributed by atoms with Crippen molar-refractivity contribution in [2.45, 2.75) is 51.0 Å². The molecular weight excluding hydrogens is 230 g/mol. The molecule has 0 aliphatic heterocycles. The van der Waals surface area contributed by atoms with Crippen LogP contribution in [-0.4, -0.2) is 24.5 Å². The number of carbonyl (C=O) groups excluding carboxylic acids is 2. The first-order chi connectivity index (χ1) is 8.70. The topological polar surface area (TPSA) is 55.4 Å². The lowest BCUT2D eigenvalue weighted by Crippen LogP contribution is -2.30. The highest BCUT2D eigenvalue weighted by Crippen LogP contribution is 2.49. The minimum atomic E-state index is -0.196. The summed E-state index contributed by atoms with van der Waals surface area (Å²) in [5.74, 6) is 1.76. The lowest BCUT2D eigenvalue weighted by atomic mass is 9.86. The van der Waals surface area contributed by atoms with Gasteiger partial charge in [0, 0.05) is 12.5 Å². The van der Waals surface area contributed by atoms with E-state index in [-0.39, 0.29) is 18.5 Å². The Hall–Kier alpha value is -1.06. The number of rotatable bonds is 5. The number of amides is 1. The Kier molecular flexibility index (Phi) is 3.27. The van der Waals surface area contributed by atoms with Gasteiger partial charge in [0.2, 0.25) is 0 Å². The van der Waals surface area contributed by atoms with Gasteiger partial charge in [-0.25, -0.2) is 0 Å². The number of hydrogen-bond acceptors (Lipinski definition) is 3. The van der Waals surface area contributed by atoms with Crippen LogP contribution >= 0.6 is 0 Å². The second-order valence-corrected chi connectivity index (χ2v) is 6.14. The molecule has 0 radical (unpaired) electrons. The van der Waals surface area contributed by atoms with Gasteiger partial charge < -0.3 is 10.1 Å². The van der Waals surface area contributed by atoms with E-state index < -0.39 is 0 Å². The van der Waals surface area contributed by atoms with Crippen LogP contribution in [-0.2, 0) is 14.3 Å². The van der Waals surface area contributed by atoms with Gasteiger partial charge in [-0.3, -0.25) is 9.59 Å². The van der Waals surface area contributed by atoms with Crippen molar-refractivity contribution in [3.05, 3.63) is 0 Å². The molecule has 18 heavy (non-hydrogen) atoms. The third-order valence-electron chi connectivity index (χ3n) is 4.62. The summed E-state index contributed by atoms with van der Waals surface area (Å²) in [5.41, 5.74) is 0. The molecular formula is C14H21NO3. The van der Waals surface area contributed by atoms with Crippen LogP contribution in [0.5, 0.6) is 0 Å². The van der Waals surface area contributed by atoms with Crippen LogP contribution in [0.3, 0.4) is 0 Å². The van der Waals surface area contributed by atoms with Gasteiger partial charge in [0.05, 0.1) is 0 Å². The number of nitrogens with one attached hydrogen (secondary N) is 1. The fourth-order valence-electron chi connectivity index (χ4n) is 3.54. The number of ether oxygens (including phenoxy) is 1. The molecule has 3 aliphatic rings. The van der Waals surface area contributed by atoms with Crippen LogP contribution in [0.2, 0.25) is 0 Å². The van der Waals surface area contributed by atoms with Crippen molar-refractivity contribution < 1.29 is 14.3 Å². The molecule has 3 saturated carbocycles. The van der Waals surface area contributed by atoms with E-state index in [0.717, 1.165) is 24.7 Å². The molecule has 3 fully saturated rings. The van der Waals surface area contributed by atoms with E-state index in [1.807, 2.05) is 0 Å². The second-order valence-electron chi connectivity index (χ2n) is 6.14. The average Bonchev–Trinajstić information content (AvgIpc) is 2.90. The van der Waals surface area contributed by atoms with Crippen molar-refractivity contribution in [1.82, 2.24) is 5.32 Å². The maximum absolute atomic E-state index is 11.7. The molecule has 1 amide bonds. The van der Waals surface area contributed by atoms with Crippen LogP contribution in [0.4, 0.5) is 0 Å². The molecule has 100 valence electrons. The second kappa shape index (κ2) is 4.90. The Bertz CT molecular complexity index is 351. The Balaban J connectivity index is 1.35. The monoisotopic (exact) mass is 251 g/mol. The molecule has 3 unspecified atom stereocenters. The van der Waals surface area contributed by atoms with E-state index in [9.17, 15) is 9.59 Å². The molecule has 2 bridgehead atoms. The molecule has 4 heteroatoms. The van der Waals surface area contributed by atoms with Gasteiger partial charge in [-0.15, -0.1) is 0 Å². The molecule has 1 N–H and O–H groups in total. The Labute approximate surface area is 107 Å². The zero-order chi connectivity index (χ0) is 12.5. The molecule has 0 heterocycles. The van der Waals surface area contributed by atoms with Crippen LogP contribution in [0.25, 0.3) is 0 Å². The van der Waals surface area contributed by atoms with Gasteiger partial charge in [0.15, 0.2) is 6.61 Å². The van der Waals surface area contributed by atoms with E-state index in [0.29, 0.717) is 18.4 Å². The van der Waals surface area contributed by atoms with E-state index in [1.165, 1.54) is 25.7 Å². The molecule has 0 spiro atoms. The molecule has 0 aromatic heterocycles. The third-order valence-corrected chi connectivity index (χ3v) is 4.62. The Morgan fingerprint density at radius 3 is 2.56 bits per heavy atom. The van der Waals surface area contributed by atoms with Crippen molar-refractivity contribution in [2.75, 3.05) is 6.61 Å². The number of fused-ring (bicyclic) bond motifs is 2. The number of esters is 1. The van der Waals surface area contributed by atoms with Crippen LogP contribution < -0.4 is 5.32 Å². The van der Waals surface area contributed by atoms with Crippen LogP contribution in [0.1, 0.15) is 44.9 Å². The number of carbonyl (C=O) groups is 2. The number of hydrogen-bond donors (Lipinski definition) is 1. The summed E-state index contributed by atoms with van der Waals surface area (Å²) >= 11 is 0. The van der Waals surface area contributed by atoms with Gasteiger partial charge in [0.25, 0.3) is 5.91 Å². The predicted octanol–water partition coefficient (Wildman–Crippen LogP) is 1.63. The van der Waals surface area contributed by atoms with Crippen LogP contribution in [0.15, 0.2) is 0 Å². The zero-order valence-electron chi connectivity index (χ0n) is 10.7. The molecule has 0 aromatic carbocycles. The molecule has 0 aromatic rings. The van der Waals surface area contributed by atoms with Crippen molar-refractivity contribution >= 4 is 11.9 Å². The molecule has 3 rings (SSSR count). The Morgan fingerprint density at radius 1 is 1.11 bits per heavy atom. The smallest absolute Gasteiger partial charge is 0.306 e. The van der Waals surface area contributed by atoms with E-state index in [2.05, 4.69) is 5.32 Å². The first-order valence-electron chi connectivity index (χ1n) is 7.15. The average molecular weight is 251 g/mol. The highest BCUT2D eigenvalue weighted by atomic mass is 16.5. The summed E-state index contributed by atoms with van der Waals surface area (Å²) in [6.45, 7) is -0.101.